The van der Waals surface area contributed by atoms with Crippen LogP contribution >= 0.6 is 27.7 Å². The Balaban J connectivity index is 1.70. The highest BCUT2D eigenvalue weighted by Gasteiger charge is 2.20. The molecule has 0 aliphatic rings. The molecule has 26 heavy (non-hydrogen) atoms. The highest BCUT2D eigenvalue weighted by Crippen LogP contribution is 2.24. The molecule has 0 amide bonds. The van der Waals surface area contributed by atoms with E-state index in [0.29, 0.717) is 17.3 Å². The van der Waals surface area contributed by atoms with E-state index in [2.05, 4.69) is 26.1 Å². The smallest absolute Gasteiger partial charge is 0.293 e. The zero-order valence-electron chi connectivity index (χ0n) is 14.2. The molecule has 0 bridgehead atoms. The van der Waals surface area contributed by atoms with Crippen LogP contribution in [-0.4, -0.2) is 25.8 Å². The summed E-state index contributed by atoms with van der Waals surface area (Å²) < 4.78 is 2.51. The molecule has 0 fully saturated rings. The third kappa shape index (κ3) is 4.53. The standard InChI is InChI=1S/C19H18BrN3O2S/c1-13(17(24)15-7-9-16(20)10-8-15)26-19-22-21-18(25)23(19)12-11-14-5-3-2-4-6-14/h2-10,13H,11-12H2,1H3,(H,21,25). The summed E-state index contributed by atoms with van der Waals surface area (Å²) in [5.41, 5.74) is 1.53. The van der Waals surface area contributed by atoms with E-state index in [1.807, 2.05) is 49.4 Å². The summed E-state index contributed by atoms with van der Waals surface area (Å²) in [5.74, 6) is 0.00700. The van der Waals surface area contributed by atoms with Crippen molar-refractivity contribution in [1.29, 1.82) is 0 Å². The maximum Gasteiger partial charge on any atom is 0.343 e. The number of carbonyl (C=O) groups excluding carboxylic acids is 1. The zero-order valence-corrected chi connectivity index (χ0v) is 16.6. The Bertz CT molecular complexity index is 935. The summed E-state index contributed by atoms with van der Waals surface area (Å²) in [4.78, 5) is 24.7. The first-order valence-corrected chi connectivity index (χ1v) is 9.87. The Kier molecular flexibility index (Phi) is 6.11. The number of hydrogen-bond donors (Lipinski definition) is 1. The first-order valence-electron chi connectivity index (χ1n) is 8.20. The number of nitrogens with zero attached hydrogens (tertiary/aromatic N) is 2. The van der Waals surface area contributed by atoms with Crippen LogP contribution in [0.1, 0.15) is 22.8 Å². The molecular weight excluding hydrogens is 414 g/mol. The van der Waals surface area contributed by atoms with Crippen molar-refractivity contribution in [2.24, 2.45) is 0 Å². The number of H-pyrrole nitrogens is 1. The van der Waals surface area contributed by atoms with Crippen LogP contribution in [0.4, 0.5) is 0 Å². The second kappa shape index (κ2) is 8.51. The van der Waals surface area contributed by atoms with Gasteiger partial charge in [-0.25, -0.2) is 9.89 Å². The Morgan fingerprint density at radius 1 is 1.19 bits per heavy atom. The van der Waals surface area contributed by atoms with Gasteiger partial charge in [-0.15, -0.1) is 5.10 Å². The molecule has 3 rings (SSSR count). The Morgan fingerprint density at radius 3 is 2.58 bits per heavy atom. The van der Waals surface area contributed by atoms with E-state index in [4.69, 9.17) is 0 Å². The molecule has 5 nitrogen and oxygen atoms in total. The van der Waals surface area contributed by atoms with Gasteiger partial charge in [-0.3, -0.25) is 9.36 Å². The molecule has 0 aliphatic heterocycles. The van der Waals surface area contributed by atoms with Gasteiger partial charge in [0.2, 0.25) is 0 Å². The van der Waals surface area contributed by atoms with Crippen molar-refractivity contribution in [3.63, 3.8) is 0 Å². The van der Waals surface area contributed by atoms with Crippen LogP contribution in [0.15, 0.2) is 69.0 Å². The van der Waals surface area contributed by atoms with Crippen LogP contribution in [0.3, 0.4) is 0 Å². The number of Topliss-reactive ketones (excluding diaryl/α,β-unsaturated/α-hetero) is 1. The molecular formula is C19H18BrN3O2S. The number of rotatable bonds is 7. The van der Waals surface area contributed by atoms with E-state index in [9.17, 15) is 9.59 Å². The largest absolute Gasteiger partial charge is 0.343 e. The number of hydrogen-bond acceptors (Lipinski definition) is 4. The SMILES string of the molecule is CC(Sc1n[nH]c(=O)n1CCc1ccccc1)C(=O)c1ccc(Br)cc1. The third-order valence-electron chi connectivity index (χ3n) is 3.97. The molecule has 2 aromatic carbocycles. The lowest BCUT2D eigenvalue weighted by Crippen LogP contribution is -2.20. The summed E-state index contributed by atoms with van der Waals surface area (Å²) in [6.45, 7) is 2.34. The summed E-state index contributed by atoms with van der Waals surface area (Å²) in [6, 6.07) is 17.2. The van der Waals surface area contributed by atoms with E-state index in [0.717, 1.165) is 16.5 Å². The second-order valence-corrected chi connectivity index (χ2v) is 8.05. The molecule has 0 saturated heterocycles. The monoisotopic (exact) mass is 431 g/mol. The first kappa shape index (κ1) is 18.7. The molecule has 3 aromatic rings. The summed E-state index contributed by atoms with van der Waals surface area (Å²) in [7, 11) is 0. The maximum absolute atomic E-state index is 12.6. The van der Waals surface area contributed by atoms with Gasteiger partial charge < -0.3 is 0 Å². The van der Waals surface area contributed by atoms with Gasteiger partial charge in [0.15, 0.2) is 10.9 Å². The van der Waals surface area contributed by atoms with Crippen molar-refractivity contribution < 1.29 is 4.79 Å². The number of aromatic nitrogens is 3. The van der Waals surface area contributed by atoms with E-state index in [1.54, 1.807) is 16.7 Å². The normalized spacial score (nSPS) is 12.1. The van der Waals surface area contributed by atoms with Crippen LogP contribution in [0.5, 0.6) is 0 Å². The minimum atomic E-state index is -0.346. The average Bonchev–Trinajstić information content (AvgIpc) is 3.00. The molecule has 1 unspecified atom stereocenters. The molecule has 134 valence electrons. The van der Waals surface area contributed by atoms with Gasteiger partial charge in [-0.05, 0) is 31.0 Å². The van der Waals surface area contributed by atoms with Crippen molar-refractivity contribution in [3.8, 4) is 0 Å². The molecule has 0 radical (unpaired) electrons. The minimum absolute atomic E-state index is 0.00700. The van der Waals surface area contributed by atoms with Crippen molar-refractivity contribution in [1.82, 2.24) is 14.8 Å². The van der Waals surface area contributed by atoms with Gasteiger partial charge in [0.25, 0.3) is 0 Å². The van der Waals surface area contributed by atoms with Crippen molar-refractivity contribution in [3.05, 3.63) is 80.7 Å². The van der Waals surface area contributed by atoms with Crippen molar-refractivity contribution in [2.75, 3.05) is 0 Å². The molecule has 1 N–H and O–H groups in total. The van der Waals surface area contributed by atoms with Crippen molar-refractivity contribution >= 4 is 33.5 Å². The number of ketones is 1. The van der Waals surface area contributed by atoms with E-state index in [-0.39, 0.29) is 16.7 Å². The summed E-state index contributed by atoms with van der Waals surface area (Å²) in [6.07, 6.45) is 0.725. The number of halogens is 1. The van der Waals surface area contributed by atoms with Gasteiger partial charge >= 0.3 is 5.69 Å². The fourth-order valence-corrected chi connectivity index (χ4v) is 3.76. The van der Waals surface area contributed by atoms with Gasteiger partial charge in [-0.2, -0.15) is 0 Å². The lowest BCUT2D eigenvalue weighted by Gasteiger charge is -2.11. The highest BCUT2D eigenvalue weighted by atomic mass is 79.9. The van der Waals surface area contributed by atoms with Gasteiger partial charge in [0, 0.05) is 16.6 Å². The van der Waals surface area contributed by atoms with Gasteiger partial charge in [0.1, 0.15) is 0 Å². The molecule has 0 spiro atoms. The van der Waals surface area contributed by atoms with Crippen LogP contribution in [-0.2, 0) is 13.0 Å². The van der Waals surface area contributed by atoms with Crippen LogP contribution in [0.2, 0.25) is 0 Å². The molecule has 0 saturated carbocycles. The maximum atomic E-state index is 12.6. The summed E-state index contributed by atoms with van der Waals surface area (Å²) in [5, 5.41) is 6.76. The van der Waals surface area contributed by atoms with Gasteiger partial charge in [-0.1, -0.05) is 70.2 Å². The Morgan fingerprint density at radius 2 is 1.88 bits per heavy atom. The highest BCUT2D eigenvalue weighted by molar-refractivity contribution is 9.10. The first-order chi connectivity index (χ1) is 12.5. The number of aromatic amines is 1. The van der Waals surface area contributed by atoms with E-state index >= 15 is 0 Å². The number of thioether (sulfide) groups is 1. The Hall–Kier alpha value is -2.12. The molecule has 0 aliphatic carbocycles. The predicted molar refractivity (Wildman–Crippen MR) is 107 cm³/mol. The topological polar surface area (TPSA) is 67.8 Å². The lowest BCUT2D eigenvalue weighted by atomic mass is 10.1. The number of nitrogens with one attached hydrogen (secondary N) is 1. The molecule has 1 aromatic heterocycles. The van der Waals surface area contributed by atoms with Crippen LogP contribution < -0.4 is 5.69 Å². The van der Waals surface area contributed by atoms with E-state index in [1.165, 1.54) is 11.8 Å². The van der Waals surface area contributed by atoms with Crippen LogP contribution in [0, 0.1) is 0 Å². The number of carbonyl (C=O) groups is 1. The van der Waals surface area contributed by atoms with E-state index < -0.39 is 0 Å². The zero-order chi connectivity index (χ0) is 18.5. The minimum Gasteiger partial charge on any atom is -0.293 e. The fourth-order valence-electron chi connectivity index (χ4n) is 2.54. The lowest BCUT2D eigenvalue weighted by molar-refractivity contribution is 0.0994. The second-order valence-electron chi connectivity index (χ2n) is 5.83. The van der Waals surface area contributed by atoms with Crippen LogP contribution in [0.25, 0.3) is 0 Å². The predicted octanol–water partition coefficient (Wildman–Crippen LogP) is 3.94. The third-order valence-corrected chi connectivity index (χ3v) is 5.59. The van der Waals surface area contributed by atoms with Crippen molar-refractivity contribution in [2.45, 2.75) is 30.3 Å². The number of aryl methyl sites for hydroxylation is 1. The average molecular weight is 432 g/mol. The van der Waals surface area contributed by atoms with Gasteiger partial charge in [0.05, 0.1) is 5.25 Å². The quantitative estimate of drug-likeness (QED) is 0.454. The number of benzene rings is 2. The Labute approximate surface area is 164 Å². The summed E-state index contributed by atoms with van der Waals surface area (Å²) >= 11 is 4.66. The molecule has 7 heteroatoms. The molecule has 1 atom stereocenters. The molecule has 1 heterocycles. The fraction of sp³-hybridized carbons (Fsp3) is 0.211.